The van der Waals surface area contributed by atoms with Crippen molar-refractivity contribution in [1.29, 1.82) is 0 Å². The zero-order valence-electron chi connectivity index (χ0n) is 14.9. The Balaban J connectivity index is 1.87. The normalized spacial score (nSPS) is 11.2. The van der Waals surface area contributed by atoms with E-state index >= 15 is 0 Å². The standard InChI is InChI=1S/C20H17ClN4OS/c1-12-5-3-4-6-14(12)11-27-20-23-18-16(10-22-24-18)19(26)25(20)17-9-15(21)8-7-13(17)2/h3-10H,11H2,1-2H3,(H,22,24). The number of aromatic amines is 1. The average molecular weight is 397 g/mol. The molecule has 0 atom stereocenters. The molecule has 4 rings (SSSR count). The predicted molar refractivity (Wildman–Crippen MR) is 110 cm³/mol. The molecule has 2 aromatic carbocycles. The van der Waals surface area contributed by atoms with Crippen LogP contribution in [-0.4, -0.2) is 19.7 Å². The van der Waals surface area contributed by atoms with E-state index in [2.05, 4.69) is 34.2 Å². The second-order valence-corrected chi connectivity index (χ2v) is 7.69. The van der Waals surface area contributed by atoms with Gasteiger partial charge in [0.05, 0.1) is 11.9 Å². The lowest BCUT2D eigenvalue weighted by Gasteiger charge is -2.15. The van der Waals surface area contributed by atoms with Gasteiger partial charge in [-0.2, -0.15) is 5.10 Å². The number of rotatable bonds is 4. The molecule has 7 heteroatoms. The van der Waals surface area contributed by atoms with E-state index in [4.69, 9.17) is 11.6 Å². The van der Waals surface area contributed by atoms with Gasteiger partial charge in [0.2, 0.25) is 0 Å². The van der Waals surface area contributed by atoms with Crippen molar-refractivity contribution in [1.82, 2.24) is 19.7 Å². The third-order valence-corrected chi connectivity index (χ3v) is 5.70. The minimum atomic E-state index is -0.161. The van der Waals surface area contributed by atoms with Crippen LogP contribution in [0.25, 0.3) is 16.7 Å². The quantitative estimate of drug-likeness (QED) is 0.402. The molecule has 0 unspecified atom stereocenters. The highest BCUT2D eigenvalue weighted by Gasteiger charge is 2.16. The zero-order valence-corrected chi connectivity index (χ0v) is 16.4. The summed E-state index contributed by atoms with van der Waals surface area (Å²) in [6.45, 7) is 4.03. The van der Waals surface area contributed by atoms with Crippen molar-refractivity contribution in [3.63, 3.8) is 0 Å². The molecular weight excluding hydrogens is 380 g/mol. The predicted octanol–water partition coefficient (Wildman–Crippen LogP) is 4.67. The van der Waals surface area contributed by atoms with Crippen LogP contribution < -0.4 is 5.56 Å². The molecule has 0 radical (unpaired) electrons. The molecule has 0 saturated carbocycles. The molecule has 0 amide bonds. The molecular formula is C20H17ClN4OS. The highest BCUT2D eigenvalue weighted by atomic mass is 35.5. The molecule has 5 nitrogen and oxygen atoms in total. The topological polar surface area (TPSA) is 63.6 Å². The van der Waals surface area contributed by atoms with E-state index in [1.54, 1.807) is 10.6 Å². The van der Waals surface area contributed by atoms with Crippen LogP contribution in [0.4, 0.5) is 0 Å². The highest BCUT2D eigenvalue weighted by Crippen LogP contribution is 2.27. The lowest BCUT2D eigenvalue weighted by atomic mass is 10.1. The summed E-state index contributed by atoms with van der Waals surface area (Å²) in [5.74, 6) is 0.707. The number of aryl methyl sites for hydroxylation is 2. The number of fused-ring (bicyclic) bond motifs is 1. The van der Waals surface area contributed by atoms with Crippen molar-refractivity contribution >= 4 is 34.4 Å². The Morgan fingerprint density at radius 1 is 1.15 bits per heavy atom. The first-order chi connectivity index (χ1) is 13.0. The number of nitrogens with one attached hydrogen (secondary N) is 1. The van der Waals surface area contributed by atoms with Crippen LogP contribution in [0.1, 0.15) is 16.7 Å². The molecule has 2 aromatic heterocycles. The fourth-order valence-corrected chi connectivity index (χ4v) is 4.16. The summed E-state index contributed by atoms with van der Waals surface area (Å²) in [7, 11) is 0. The molecule has 4 aromatic rings. The maximum Gasteiger partial charge on any atom is 0.269 e. The number of nitrogens with zero attached hydrogens (tertiary/aromatic N) is 3. The Bertz CT molecular complexity index is 1200. The Labute approximate surface area is 165 Å². The Hall–Kier alpha value is -2.57. The minimum absolute atomic E-state index is 0.161. The third-order valence-electron chi connectivity index (χ3n) is 4.48. The smallest absolute Gasteiger partial charge is 0.268 e. The first-order valence-electron chi connectivity index (χ1n) is 8.44. The summed E-state index contributed by atoms with van der Waals surface area (Å²) in [5.41, 5.74) is 4.42. The molecule has 0 aliphatic carbocycles. The number of H-pyrrole nitrogens is 1. The molecule has 0 bridgehead atoms. The molecule has 2 heterocycles. The lowest BCUT2D eigenvalue weighted by molar-refractivity contribution is 0.810. The average Bonchev–Trinajstić information content (AvgIpc) is 3.12. The number of hydrogen-bond acceptors (Lipinski definition) is 4. The minimum Gasteiger partial charge on any atom is -0.268 e. The summed E-state index contributed by atoms with van der Waals surface area (Å²) < 4.78 is 1.63. The van der Waals surface area contributed by atoms with Crippen LogP contribution in [0.5, 0.6) is 0 Å². The van der Waals surface area contributed by atoms with E-state index < -0.39 is 0 Å². The maximum absolute atomic E-state index is 13.2. The fraction of sp³-hybridized carbons (Fsp3) is 0.150. The molecule has 0 aliphatic rings. The Morgan fingerprint density at radius 2 is 1.96 bits per heavy atom. The van der Waals surface area contributed by atoms with E-state index in [9.17, 15) is 4.79 Å². The van der Waals surface area contributed by atoms with Crippen LogP contribution in [0.2, 0.25) is 5.02 Å². The second-order valence-electron chi connectivity index (χ2n) is 6.31. The largest absolute Gasteiger partial charge is 0.269 e. The molecule has 1 N–H and O–H groups in total. The maximum atomic E-state index is 13.2. The van der Waals surface area contributed by atoms with Gasteiger partial charge in [0.25, 0.3) is 5.56 Å². The zero-order chi connectivity index (χ0) is 19.0. The fourth-order valence-electron chi connectivity index (χ4n) is 2.92. The highest BCUT2D eigenvalue weighted by molar-refractivity contribution is 7.98. The van der Waals surface area contributed by atoms with E-state index in [-0.39, 0.29) is 5.56 Å². The van der Waals surface area contributed by atoms with Gasteiger partial charge in [0, 0.05) is 10.8 Å². The van der Waals surface area contributed by atoms with Gasteiger partial charge in [0.15, 0.2) is 10.8 Å². The van der Waals surface area contributed by atoms with Gasteiger partial charge in [-0.05, 0) is 42.7 Å². The summed E-state index contributed by atoms with van der Waals surface area (Å²) in [5, 5.41) is 8.40. The molecule has 0 aliphatic heterocycles. The van der Waals surface area contributed by atoms with Crippen LogP contribution in [-0.2, 0) is 5.75 Å². The van der Waals surface area contributed by atoms with Crippen LogP contribution in [0.3, 0.4) is 0 Å². The van der Waals surface area contributed by atoms with Crippen molar-refractivity contribution in [3.8, 4) is 5.69 Å². The monoisotopic (exact) mass is 396 g/mol. The summed E-state index contributed by atoms with van der Waals surface area (Å²) in [6, 6.07) is 13.7. The molecule has 0 fully saturated rings. The van der Waals surface area contributed by atoms with Crippen LogP contribution in [0.15, 0.2) is 58.6 Å². The Kier molecular flexibility index (Phi) is 4.76. The van der Waals surface area contributed by atoms with Crippen molar-refractivity contribution in [3.05, 3.63) is 80.7 Å². The lowest BCUT2D eigenvalue weighted by Crippen LogP contribution is -2.22. The van der Waals surface area contributed by atoms with E-state index in [1.165, 1.54) is 29.1 Å². The first-order valence-corrected chi connectivity index (χ1v) is 9.81. The third kappa shape index (κ3) is 3.38. The van der Waals surface area contributed by atoms with Gasteiger partial charge >= 0.3 is 0 Å². The molecule has 136 valence electrons. The summed E-state index contributed by atoms with van der Waals surface area (Å²) in [6.07, 6.45) is 1.51. The van der Waals surface area contributed by atoms with Gasteiger partial charge in [-0.15, -0.1) is 0 Å². The molecule has 0 saturated heterocycles. The second kappa shape index (κ2) is 7.21. The van der Waals surface area contributed by atoms with Gasteiger partial charge in [0.1, 0.15) is 5.39 Å². The number of benzene rings is 2. The van der Waals surface area contributed by atoms with Crippen LogP contribution in [0, 0.1) is 13.8 Å². The van der Waals surface area contributed by atoms with Crippen molar-refractivity contribution in [2.24, 2.45) is 0 Å². The van der Waals surface area contributed by atoms with E-state index in [1.807, 2.05) is 31.2 Å². The SMILES string of the molecule is Cc1ccccc1CSc1nc2[nH]ncc2c(=O)n1-c1cc(Cl)ccc1C. The van der Waals surface area contributed by atoms with E-state index in [0.717, 1.165) is 11.3 Å². The Morgan fingerprint density at radius 3 is 2.78 bits per heavy atom. The summed E-state index contributed by atoms with van der Waals surface area (Å²) >= 11 is 7.72. The molecule has 0 spiro atoms. The van der Waals surface area contributed by atoms with Crippen molar-refractivity contribution in [2.45, 2.75) is 24.8 Å². The van der Waals surface area contributed by atoms with Crippen LogP contribution >= 0.6 is 23.4 Å². The van der Waals surface area contributed by atoms with Gasteiger partial charge < -0.3 is 0 Å². The van der Waals surface area contributed by atoms with Gasteiger partial charge in [-0.3, -0.25) is 14.5 Å². The van der Waals surface area contributed by atoms with E-state index in [0.29, 0.717) is 27.0 Å². The number of hydrogen-bond donors (Lipinski definition) is 1. The number of thioether (sulfide) groups is 1. The van der Waals surface area contributed by atoms with Gasteiger partial charge in [-0.25, -0.2) is 4.98 Å². The number of aromatic nitrogens is 4. The molecule has 27 heavy (non-hydrogen) atoms. The summed E-state index contributed by atoms with van der Waals surface area (Å²) in [4.78, 5) is 17.8. The van der Waals surface area contributed by atoms with Crippen molar-refractivity contribution in [2.75, 3.05) is 0 Å². The number of halogens is 1. The van der Waals surface area contributed by atoms with Gasteiger partial charge in [-0.1, -0.05) is 53.7 Å². The first kappa shape index (κ1) is 17.8. The van der Waals surface area contributed by atoms with Crippen molar-refractivity contribution < 1.29 is 0 Å².